The number of carbonyl (C=O) groups excluding carboxylic acids is 3. The monoisotopic (exact) mass is 567 g/mol. The molecule has 0 aromatic rings. The normalized spacial score (nSPS) is 31.5. The van der Waals surface area contributed by atoms with Crippen LogP contribution in [0.5, 0.6) is 0 Å². The van der Waals surface area contributed by atoms with E-state index in [1.807, 2.05) is 11.8 Å². The van der Waals surface area contributed by atoms with Crippen molar-refractivity contribution in [1.82, 2.24) is 14.7 Å². The summed E-state index contributed by atoms with van der Waals surface area (Å²) in [6.45, 7) is 6.80. The van der Waals surface area contributed by atoms with Crippen LogP contribution in [0.15, 0.2) is 10.6 Å². The molecule has 2 unspecified atom stereocenters. The average Bonchev–Trinajstić information content (AvgIpc) is 3.53. The number of amidine groups is 1. The molecule has 210 valence electrons. The Bertz CT molecular complexity index is 1050. The number of carboxylic acid groups (broad SMARTS) is 1. The summed E-state index contributed by atoms with van der Waals surface area (Å²) in [7, 11) is 0. The highest BCUT2D eigenvalue weighted by molar-refractivity contribution is 8.03. The summed E-state index contributed by atoms with van der Waals surface area (Å²) < 4.78 is 0. The van der Waals surface area contributed by atoms with Crippen molar-refractivity contribution in [3.63, 3.8) is 0 Å². The summed E-state index contributed by atoms with van der Waals surface area (Å²) in [5, 5.41) is 28.3. The van der Waals surface area contributed by atoms with Crippen LogP contribution in [0.2, 0.25) is 0 Å². The fourth-order valence-corrected chi connectivity index (χ4v) is 8.78. The molecule has 0 aromatic heterocycles. The predicted octanol–water partition coefficient (Wildman–Crippen LogP) is 0.770. The van der Waals surface area contributed by atoms with Crippen LogP contribution in [0.4, 0.5) is 0 Å². The van der Waals surface area contributed by atoms with Crippen LogP contribution in [0, 0.1) is 23.2 Å². The van der Waals surface area contributed by atoms with E-state index in [1.165, 1.54) is 16.7 Å². The molecule has 3 fully saturated rings. The molecule has 0 bridgehead atoms. The van der Waals surface area contributed by atoms with E-state index in [-0.39, 0.29) is 52.6 Å². The third-order valence-electron chi connectivity index (χ3n) is 8.13. The maximum Gasteiger partial charge on any atom is 0.353 e. The van der Waals surface area contributed by atoms with E-state index in [1.54, 1.807) is 30.5 Å². The maximum atomic E-state index is 12.6. The van der Waals surface area contributed by atoms with Crippen molar-refractivity contribution in [2.24, 2.45) is 23.5 Å². The van der Waals surface area contributed by atoms with E-state index in [9.17, 15) is 29.4 Å². The molecule has 0 aromatic carbocycles. The summed E-state index contributed by atoms with van der Waals surface area (Å²) in [6.07, 6.45) is 0.924. The molecule has 0 spiro atoms. The molecule has 4 aliphatic heterocycles. The topological polar surface area (TPSA) is 168 Å². The molecule has 0 aliphatic carbocycles. The number of aliphatic hydroxyl groups is 1. The smallest absolute Gasteiger partial charge is 0.353 e. The number of likely N-dealkylation sites (tertiary alicyclic amines) is 2. The van der Waals surface area contributed by atoms with Crippen molar-refractivity contribution in [2.75, 3.05) is 31.1 Å². The second-order valence-corrected chi connectivity index (χ2v) is 13.2. The number of primary amides is 1. The fraction of sp³-hybridized carbons (Fsp3) is 0.720. The van der Waals surface area contributed by atoms with Crippen molar-refractivity contribution in [2.45, 2.75) is 63.5 Å². The lowest BCUT2D eigenvalue weighted by Gasteiger charge is -2.46. The third-order valence-corrected chi connectivity index (χ3v) is 10.7. The first-order chi connectivity index (χ1) is 17.9. The zero-order chi connectivity index (χ0) is 27.9. The Labute approximate surface area is 231 Å². The zero-order valence-electron chi connectivity index (χ0n) is 22.0. The van der Waals surface area contributed by atoms with Gasteiger partial charge >= 0.3 is 5.97 Å². The van der Waals surface area contributed by atoms with Gasteiger partial charge in [0.05, 0.1) is 29.8 Å². The quantitative estimate of drug-likeness (QED) is 0.129. The molecule has 11 nitrogen and oxygen atoms in total. The first kappa shape index (κ1) is 28.8. The molecule has 3 saturated heterocycles. The van der Waals surface area contributed by atoms with Gasteiger partial charge in [0.25, 0.3) is 0 Å². The Morgan fingerprint density at radius 1 is 1.26 bits per heavy atom. The van der Waals surface area contributed by atoms with Gasteiger partial charge in [-0.2, -0.15) is 11.8 Å². The molecule has 38 heavy (non-hydrogen) atoms. The number of aliphatic hydroxyl groups excluding tert-OH is 1. The number of nitrogens with one attached hydrogen (secondary N) is 1. The van der Waals surface area contributed by atoms with Gasteiger partial charge in [0, 0.05) is 59.7 Å². The lowest BCUT2D eigenvalue weighted by Crippen LogP contribution is -2.63. The molecule has 5 N–H and O–H groups in total. The number of β-lactam (4-membered cyclic amide) rings is 1. The number of aliphatic carboxylic acids is 1. The van der Waals surface area contributed by atoms with Crippen molar-refractivity contribution in [3.05, 3.63) is 10.6 Å². The first-order valence-electron chi connectivity index (χ1n) is 13.0. The fourth-order valence-electron chi connectivity index (χ4n) is 6.14. The Balaban J connectivity index is 1.33. The van der Waals surface area contributed by atoms with E-state index in [0.29, 0.717) is 49.0 Å². The predicted molar refractivity (Wildman–Crippen MR) is 145 cm³/mol. The molecule has 13 heteroatoms. The zero-order valence-corrected chi connectivity index (χ0v) is 23.6. The van der Waals surface area contributed by atoms with Gasteiger partial charge in [-0.05, 0) is 26.7 Å². The highest BCUT2D eigenvalue weighted by Crippen LogP contribution is 2.52. The summed E-state index contributed by atoms with van der Waals surface area (Å²) in [5.41, 5.74) is 5.39. The Morgan fingerprint density at radius 3 is 2.55 bits per heavy atom. The molecule has 0 saturated carbocycles. The van der Waals surface area contributed by atoms with E-state index >= 15 is 0 Å². The van der Waals surface area contributed by atoms with Crippen LogP contribution in [-0.4, -0.2) is 109 Å². The van der Waals surface area contributed by atoms with Gasteiger partial charge in [-0.25, -0.2) is 4.79 Å². The minimum Gasteiger partial charge on any atom is -0.477 e. The number of hydrogen-bond acceptors (Lipinski definition) is 8. The van der Waals surface area contributed by atoms with E-state index in [2.05, 4.69) is 0 Å². The number of fused-ring (bicyclic) bond motifs is 1. The standard InChI is InChI=1S/C25H37N5O6S2/c1-12-20-19(13(2)31)24(34)30(20)21(25(35)36)22(12)38-17-8-16(29(10-17)14(3)26)11-37-7-5-18(32)28-6-4-15(9-28)23(27)33/h12-13,15-17,19-20,26,31H,4-11H2,1-3H3,(H2,27,33)(H,35,36)/t12-,13-,15?,16+,17+,19-,20?/m1/s1. The van der Waals surface area contributed by atoms with Gasteiger partial charge < -0.3 is 30.6 Å². The number of amides is 3. The summed E-state index contributed by atoms with van der Waals surface area (Å²) in [5.74, 6) is -1.00. The van der Waals surface area contributed by atoms with Gasteiger partial charge in [0.15, 0.2) is 0 Å². The Kier molecular flexibility index (Phi) is 8.68. The molecule has 0 radical (unpaired) electrons. The largest absolute Gasteiger partial charge is 0.477 e. The average molecular weight is 568 g/mol. The summed E-state index contributed by atoms with van der Waals surface area (Å²) in [6, 6.07) is -0.249. The van der Waals surface area contributed by atoms with Gasteiger partial charge in [-0.3, -0.25) is 19.8 Å². The number of rotatable bonds is 10. The molecule has 4 rings (SSSR count). The van der Waals surface area contributed by atoms with E-state index in [4.69, 9.17) is 11.1 Å². The number of carboxylic acids is 1. The molecule has 7 atom stereocenters. The van der Waals surface area contributed by atoms with Gasteiger partial charge in [0.2, 0.25) is 17.7 Å². The second-order valence-electron chi connectivity index (χ2n) is 10.7. The van der Waals surface area contributed by atoms with E-state index in [0.717, 1.165) is 12.2 Å². The number of nitrogens with two attached hydrogens (primary N) is 1. The number of hydrogen-bond donors (Lipinski definition) is 4. The first-order valence-corrected chi connectivity index (χ1v) is 15.1. The van der Waals surface area contributed by atoms with Crippen molar-refractivity contribution in [3.8, 4) is 0 Å². The van der Waals surface area contributed by atoms with Crippen LogP contribution < -0.4 is 5.73 Å². The van der Waals surface area contributed by atoms with Crippen molar-refractivity contribution < 1.29 is 29.4 Å². The number of thioether (sulfide) groups is 2. The number of carbonyl (C=O) groups is 4. The highest BCUT2D eigenvalue weighted by Gasteiger charge is 2.60. The second kappa shape index (κ2) is 11.5. The molecule has 4 heterocycles. The minimum atomic E-state index is -1.13. The lowest BCUT2D eigenvalue weighted by atomic mass is 9.79. The Morgan fingerprint density at radius 2 is 1.97 bits per heavy atom. The molecular formula is C25H37N5O6S2. The van der Waals surface area contributed by atoms with E-state index < -0.39 is 18.0 Å². The minimum absolute atomic E-state index is 0.0271. The van der Waals surface area contributed by atoms with Gasteiger partial charge in [-0.1, -0.05) is 6.92 Å². The third kappa shape index (κ3) is 5.42. The van der Waals surface area contributed by atoms with Crippen LogP contribution >= 0.6 is 23.5 Å². The summed E-state index contributed by atoms with van der Waals surface area (Å²) >= 11 is 3.15. The lowest BCUT2D eigenvalue weighted by molar-refractivity contribution is -0.163. The van der Waals surface area contributed by atoms with Crippen molar-refractivity contribution >= 4 is 53.1 Å². The molecule has 4 aliphatic rings. The molecule has 3 amide bonds. The molecular weight excluding hydrogens is 530 g/mol. The SMILES string of the molecule is CC(=N)N1C[C@@H](SC2=C(C(=O)O)N3C(=O)[C@H]([C@@H](C)O)C3[C@H]2C)C[C@H]1CSCCC(=O)N1CCC(C(N)=O)C1. The van der Waals surface area contributed by atoms with Crippen LogP contribution in [0.25, 0.3) is 0 Å². The van der Waals surface area contributed by atoms with Crippen LogP contribution in [-0.2, 0) is 19.2 Å². The maximum absolute atomic E-state index is 12.6. The summed E-state index contributed by atoms with van der Waals surface area (Å²) in [4.78, 5) is 54.4. The van der Waals surface area contributed by atoms with Crippen molar-refractivity contribution in [1.29, 1.82) is 5.41 Å². The highest BCUT2D eigenvalue weighted by atomic mass is 32.2. The van der Waals surface area contributed by atoms with Crippen LogP contribution in [0.3, 0.4) is 0 Å². The van der Waals surface area contributed by atoms with Crippen LogP contribution in [0.1, 0.15) is 40.0 Å². The van der Waals surface area contributed by atoms with Gasteiger partial charge in [-0.15, -0.1) is 11.8 Å². The van der Waals surface area contributed by atoms with Gasteiger partial charge in [0.1, 0.15) is 5.70 Å². The number of nitrogens with zero attached hydrogens (tertiary/aromatic N) is 3. The Hall–Kier alpha value is -2.25.